The van der Waals surface area contributed by atoms with Gasteiger partial charge in [0.25, 0.3) is 0 Å². The van der Waals surface area contributed by atoms with Crippen LogP contribution in [0.25, 0.3) is 0 Å². The van der Waals surface area contributed by atoms with Crippen molar-refractivity contribution in [3.63, 3.8) is 0 Å². The molecule has 1 aliphatic rings. The summed E-state index contributed by atoms with van der Waals surface area (Å²) in [5.41, 5.74) is 0. The highest BCUT2D eigenvalue weighted by molar-refractivity contribution is 7.54. The smallest absolute Gasteiger partial charge is 0.427 e. The second kappa shape index (κ2) is 17.2. The molecule has 0 unspecified atom stereocenters. The van der Waals surface area contributed by atoms with Gasteiger partial charge < -0.3 is 46.5 Å². The number of fused-ring (bicyclic) bond motifs is 4. The normalized spacial score (nSPS) is 21.5. The minimum atomic E-state index is -3.66. The van der Waals surface area contributed by atoms with Crippen molar-refractivity contribution in [1.82, 2.24) is 0 Å². The van der Waals surface area contributed by atoms with Crippen LogP contribution in [-0.2, 0) is 18.6 Å². The summed E-state index contributed by atoms with van der Waals surface area (Å²) in [5.74, 6) is 2.53. The van der Waals surface area contributed by atoms with E-state index in [2.05, 4.69) is 0 Å². The minimum Gasteiger partial charge on any atom is -0.487 e. The molecule has 0 amide bonds. The largest absolute Gasteiger partial charge is 0.487 e. The maximum Gasteiger partial charge on any atom is 0.427 e. The maximum absolute atomic E-state index is 13.4. The van der Waals surface area contributed by atoms with Gasteiger partial charge in [-0.2, -0.15) is 0 Å². The number of hydrogen-bond acceptors (Lipinski definition) is 12. The van der Waals surface area contributed by atoms with Gasteiger partial charge in [-0.25, -0.2) is 9.13 Å². The highest BCUT2D eigenvalue weighted by Gasteiger charge is 2.26. The first-order chi connectivity index (χ1) is 23.3. The summed E-state index contributed by atoms with van der Waals surface area (Å²) in [6.45, 7) is 4.46. The molecular formula is C34H38O12P2. The van der Waals surface area contributed by atoms with E-state index in [1.54, 1.807) is 97.1 Å². The van der Waals surface area contributed by atoms with Crippen molar-refractivity contribution in [1.29, 1.82) is 0 Å². The fraction of sp³-hybridized carbons (Fsp3) is 0.294. The van der Waals surface area contributed by atoms with Gasteiger partial charge in [0.1, 0.15) is 26.4 Å². The fourth-order valence-corrected chi connectivity index (χ4v) is 6.48. The molecule has 0 aromatic heterocycles. The molecule has 0 radical (unpaired) electrons. The average molecular weight is 701 g/mol. The molecule has 0 saturated heterocycles. The molecule has 0 fully saturated rings. The van der Waals surface area contributed by atoms with E-state index in [1.165, 1.54) is 13.3 Å². The maximum atomic E-state index is 13.4. The van der Waals surface area contributed by atoms with Crippen LogP contribution >= 0.6 is 15.2 Å². The lowest BCUT2D eigenvalue weighted by Crippen LogP contribution is -2.13. The first-order valence-corrected chi connectivity index (χ1v) is 19.2. The van der Waals surface area contributed by atoms with Crippen LogP contribution in [0.5, 0.6) is 46.0 Å². The molecule has 1 heterocycles. The molecule has 12 nitrogen and oxygen atoms in total. The molecule has 4 aromatic rings. The van der Waals surface area contributed by atoms with E-state index in [1.807, 2.05) is 0 Å². The third kappa shape index (κ3) is 10.9. The zero-order valence-electron chi connectivity index (χ0n) is 26.7. The van der Waals surface area contributed by atoms with Crippen LogP contribution in [0, 0.1) is 0 Å². The summed E-state index contributed by atoms with van der Waals surface area (Å²) in [6, 6.07) is 27.4. The van der Waals surface area contributed by atoms with Gasteiger partial charge >= 0.3 is 15.2 Å². The van der Waals surface area contributed by atoms with Gasteiger partial charge in [-0.3, -0.25) is 0 Å². The Bertz CT molecular complexity index is 1480. The molecule has 0 saturated carbocycles. The van der Waals surface area contributed by atoms with Crippen LogP contribution in [0.15, 0.2) is 97.1 Å². The lowest BCUT2D eigenvalue weighted by molar-refractivity contribution is 0.0751. The molecule has 1 aliphatic heterocycles. The standard InChI is InChI=1S/C34H38O12P2/c1-47(35)43-31-15-7-3-11-27(31)39-23-19-37-21-25-41-29-13-5-9-17-33(29)45-48(2,36)46-34-18-10-6-14-30(34)42-26-22-38-20-24-40-28-12-4-8-16-32(28)44-47/h3-18H,19-26H2,1-2H3. The van der Waals surface area contributed by atoms with E-state index in [0.29, 0.717) is 23.0 Å². The highest BCUT2D eigenvalue weighted by atomic mass is 31.2. The van der Waals surface area contributed by atoms with E-state index in [4.69, 9.17) is 46.5 Å². The number of rotatable bonds is 0. The minimum absolute atomic E-state index is 0.190. The molecule has 14 heteroatoms. The van der Waals surface area contributed by atoms with Crippen LogP contribution in [0.3, 0.4) is 0 Å². The Hall–Kier alpha value is -4.34. The molecule has 256 valence electrons. The van der Waals surface area contributed by atoms with E-state index >= 15 is 0 Å². The lowest BCUT2D eigenvalue weighted by Gasteiger charge is -2.20. The number of hydrogen-bond donors (Lipinski definition) is 0. The van der Waals surface area contributed by atoms with Crippen molar-refractivity contribution in [2.45, 2.75) is 0 Å². The Morgan fingerprint density at radius 2 is 0.562 bits per heavy atom. The van der Waals surface area contributed by atoms with Crippen molar-refractivity contribution < 1.29 is 55.6 Å². The Kier molecular flexibility index (Phi) is 12.5. The summed E-state index contributed by atoms with van der Waals surface area (Å²) in [4.78, 5) is 0. The topological polar surface area (TPSA) is 126 Å². The lowest BCUT2D eigenvalue weighted by atomic mass is 10.3. The highest BCUT2D eigenvalue weighted by Crippen LogP contribution is 2.50. The molecule has 0 aliphatic carbocycles. The third-order valence-corrected chi connectivity index (χ3v) is 8.51. The quantitative estimate of drug-likeness (QED) is 0.169. The van der Waals surface area contributed by atoms with Gasteiger partial charge in [-0.15, -0.1) is 0 Å². The first-order valence-electron chi connectivity index (χ1n) is 15.2. The first kappa shape index (κ1) is 35.0. The fourth-order valence-electron chi connectivity index (χ4n) is 4.38. The van der Waals surface area contributed by atoms with Crippen LogP contribution in [0.4, 0.5) is 0 Å². The van der Waals surface area contributed by atoms with Gasteiger partial charge in [0, 0.05) is 0 Å². The molecule has 0 atom stereocenters. The number of para-hydroxylation sites is 8. The third-order valence-electron chi connectivity index (χ3n) is 6.39. The molecule has 0 bridgehead atoms. The monoisotopic (exact) mass is 700 g/mol. The SMILES string of the molecule is CP1(=O)Oc2ccccc2OCCOCCOc2ccccc2OP(C)(=O)Oc2ccccc2OCCOCCOc2ccccc2O1. The summed E-state index contributed by atoms with van der Waals surface area (Å²) in [7, 11) is -7.33. The van der Waals surface area contributed by atoms with Crippen molar-refractivity contribution in [3.8, 4) is 46.0 Å². The zero-order chi connectivity index (χ0) is 33.7. The van der Waals surface area contributed by atoms with Crippen molar-refractivity contribution in [2.75, 3.05) is 66.2 Å². The Balaban J connectivity index is 1.28. The molecule has 4 aromatic carbocycles. The van der Waals surface area contributed by atoms with Gasteiger partial charge in [-0.1, -0.05) is 48.5 Å². The molecule has 0 N–H and O–H groups in total. The molecule has 0 spiro atoms. The summed E-state index contributed by atoms with van der Waals surface area (Å²) in [5, 5.41) is 0. The Morgan fingerprint density at radius 1 is 0.354 bits per heavy atom. The predicted octanol–water partition coefficient (Wildman–Crippen LogP) is 7.51. The van der Waals surface area contributed by atoms with E-state index < -0.39 is 15.2 Å². The number of ether oxygens (including phenoxy) is 6. The zero-order valence-corrected chi connectivity index (χ0v) is 28.5. The van der Waals surface area contributed by atoms with E-state index in [-0.39, 0.29) is 75.9 Å². The van der Waals surface area contributed by atoms with Crippen LogP contribution < -0.4 is 37.0 Å². The average Bonchev–Trinajstić information content (AvgIpc) is 3.05. The van der Waals surface area contributed by atoms with Crippen molar-refractivity contribution in [2.24, 2.45) is 0 Å². The second-order valence-electron chi connectivity index (χ2n) is 10.3. The predicted molar refractivity (Wildman–Crippen MR) is 179 cm³/mol. The molecule has 5 rings (SSSR count). The van der Waals surface area contributed by atoms with Gasteiger partial charge in [-0.05, 0) is 48.5 Å². The van der Waals surface area contributed by atoms with Crippen molar-refractivity contribution >= 4 is 15.2 Å². The van der Waals surface area contributed by atoms with Gasteiger partial charge in [0.05, 0.1) is 39.8 Å². The number of benzene rings is 4. The van der Waals surface area contributed by atoms with E-state index in [9.17, 15) is 9.13 Å². The van der Waals surface area contributed by atoms with Crippen LogP contribution in [0.1, 0.15) is 0 Å². The van der Waals surface area contributed by atoms with E-state index in [0.717, 1.165) is 0 Å². The van der Waals surface area contributed by atoms with Gasteiger partial charge in [0.15, 0.2) is 46.0 Å². The van der Waals surface area contributed by atoms with Crippen LogP contribution in [0.2, 0.25) is 0 Å². The second-order valence-corrected chi connectivity index (χ2v) is 14.1. The molecular weight excluding hydrogens is 662 g/mol. The molecule has 48 heavy (non-hydrogen) atoms. The summed E-state index contributed by atoms with van der Waals surface area (Å²) in [6.07, 6.45) is 0. The van der Waals surface area contributed by atoms with Gasteiger partial charge in [0.2, 0.25) is 0 Å². The Morgan fingerprint density at radius 3 is 0.792 bits per heavy atom. The van der Waals surface area contributed by atoms with Crippen molar-refractivity contribution in [3.05, 3.63) is 97.1 Å². The Labute approximate surface area is 279 Å². The summed E-state index contributed by atoms with van der Waals surface area (Å²) < 4.78 is 84.8. The summed E-state index contributed by atoms with van der Waals surface area (Å²) >= 11 is 0. The van der Waals surface area contributed by atoms with Crippen LogP contribution in [-0.4, -0.2) is 66.2 Å².